The van der Waals surface area contributed by atoms with Gasteiger partial charge in [-0.15, -0.1) is 0 Å². The molecular formula is C17H18N2O. The van der Waals surface area contributed by atoms with Gasteiger partial charge >= 0.3 is 0 Å². The monoisotopic (exact) mass is 266 g/mol. The smallest absolute Gasteiger partial charge is 0.142 e. The van der Waals surface area contributed by atoms with Crippen molar-refractivity contribution in [3.63, 3.8) is 0 Å². The Morgan fingerprint density at radius 1 is 1.20 bits per heavy atom. The molecule has 0 saturated carbocycles. The van der Waals surface area contributed by atoms with Crippen LogP contribution in [0.2, 0.25) is 0 Å². The van der Waals surface area contributed by atoms with E-state index >= 15 is 0 Å². The van der Waals surface area contributed by atoms with Gasteiger partial charge in [0.05, 0.1) is 17.3 Å². The second-order valence-electron chi connectivity index (χ2n) is 4.77. The van der Waals surface area contributed by atoms with Crippen molar-refractivity contribution in [1.29, 1.82) is 5.26 Å². The molecule has 2 aromatic carbocycles. The van der Waals surface area contributed by atoms with Gasteiger partial charge in [0, 0.05) is 0 Å². The molecule has 0 radical (unpaired) electrons. The Morgan fingerprint density at radius 2 is 2.00 bits per heavy atom. The van der Waals surface area contributed by atoms with E-state index in [4.69, 9.17) is 15.7 Å². The quantitative estimate of drug-likeness (QED) is 0.860. The summed E-state index contributed by atoms with van der Waals surface area (Å²) in [5, 5.41) is 8.85. The molecule has 0 atom stereocenters. The highest BCUT2D eigenvalue weighted by Gasteiger charge is 2.04. The summed E-state index contributed by atoms with van der Waals surface area (Å²) < 4.78 is 5.77. The van der Waals surface area contributed by atoms with E-state index in [9.17, 15) is 0 Å². The number of nitrogens with two attached hydrogens (primary N) is 1. The number of nitrogen functional groups attached to an aromatic ring is 1. The fourth-order valence-corrected chi connectivity index (χ4v) is 2.03. The van der Waals surface area contributed by atoms with E-state index in [-0.39, 0.29) is 0 Å². The molecule has 102 valence electrons. The molecule has 0 bridgehead atoms. The molecule has 0 aliphatic heterocycles. The summed E-state index contributed by atoms with van der Waals surface area (Å²) in [4.78, 5) is 0. The minimum absolute atomic E-state index is 0.452. The van der Waals surface area contributed by atoms with Crippen LogP contribution < -0.4 is 10.5 Å². The molecule has 0 amide bonds. The standard InChI is InChI=1S/C17H18N2O/c1-3-13-5-7-17(16(19)9-13)20-11-15-6-4-14(10-18)8-12(15)2/h4-9H,3,11,19H2,1-2H3. The van der Waals surface area contributed by atoms with Crippen molar-refractivity contribution >= 4 is 5.69 Å². The number of hydrogen-bond donors (Lipinski definition) is 1. The third kappa shape index (κ3) is 3.10. The van der Waals surface area contributed by atoms with E-state index in [0.29, 0.717) is 23.6 Å². The van der Waals surface area contributed by atoms with Gasteiger partial charge in [0.2, 0.25) is 0 Å². The minimum atomic E-state index is 0.452. The summed E-state index contributed by atoms with van der Waals surface area (Å²) in [5.41, 5.74) is 10.6. The van der Waals surface area contributed by atoms with Crippen LogP contribution in [0.4, 0.5) is 5.69 Å². The predicted octanol–water partition coefficient (Wildman–Crippen LogP) is 3.59. The highest BCUT2D eigenvalue weighted by molar-refractivity contribution is 5.54. The Morgan fingerprint density at radius 3 is 2.60 bits per heavy atom. The maximum atomic E-state index is 8.85. The van der Waals surface area contributed by atoms with E-state index in [2.05, 4.69) is 13.0 Å². The maximum absolute atomic E-state index is 8.85. The van der Waals surface area contributed by atoms with E-state index in [1.54, 1.807) is 6.07 Å². The van der Waals surface area contributed by atoms with Gasteiger partial charge in [-0.05, 0) is 54.3 Å². The lowest BCUT2D eigenvalue weighted by atomic mass is 10.1. The highest BCUT2D eigenvalue weighted by atomic mass is 16.5. The minimum Gasteiger partial charge on any atom is -0.487 e. The molecule has 0 aromatic heterocycles. The molecule has 2 rings (SSSR count). The van der Waals surface area contributed by atoms with E-state index in [1.165, 1.54) is 5.56 Å². The van der Waals surface area contributed by atoms with Crippen LogP contribution in [0.1, 0.15) is 29.2 Å². The van der Waals surface area contributed by atoms with Crippen LogP contribution in [0, 0.1) is 18.3 Å². The van der Waals surface area contributed by atoms with Gasteiger partial charge in [0.1, 0.15) is 12.4 Å². The molecule has 3 nitrogen and oxygen atoms in total. The molecular weight excluding hydrogens is 248 g/mol. The molecule has 0 heterocycles. The Balaban J connectivity index is 2.11. The van der Waals surface area contributed by atoms with Crippen LogP contribution in [0.3, 0.4) is 0 Å². The van der Waals surface area contributed by atoms with E-state index < -0.39 is 0 Å². The molecule has 0 fully saturated rings. The number of nitrogens with zero attached hydrogens (tertiary/aromatic N) is 1. The first kappa shape index (κ1) is 14.0. The third-order valence-corrected chi connectivity index (χ3v) is 3.34. The normalized spacial score (nSPS) is 10.1. The van der Waals surface area contributed by atoms with Crippen molar-refractivity contribution in [3.8, 4) is 11.8 Å². The molecule has 0 unspecified atom stereocenters. The van der Waals surface area contributed by atoms with Crippen LogP contribution in [-0.2, 0) is 13.0 Å². The van der Waals surface area contributed by atoms with Crippen LogP contribution in [0.15, 0.2) is 36.4 Å². The summed E-state index contributed by atoms with van der Waals surface area (Å²) >= 11 is 0. The Kier molecular flexibility index (Phi) is 4.27. The maximum Gasteiger partial charge on any atom is 0.142 e. The predicted molar refractivity (Wildman–Crippen MR) is 80.5 cm³/mol. The zero-order chi connectivity index (χ0) is 14.5. The van der Waals surface area contributed by atoms with Crippen LogP contribution in [0.5, 0.6) is 5.75 Å². The molecule has 0 saturated heterocycles. The van der Waals surface area contributed by atoms with Crippen molar-refractivity contribution in [2.45, 2.75) is 26.9 Å². The highest BCUT2D eigenvalue weighted by Crippen LogP contribution is 2.24. The van der Waals surface area contributed by atoms with Crippen molar-refractivity contribution < 1.29 is 4.74 Å². The summed E-state index contributed by atoms with van der Waals surface area (Å²) in [6.45, 7) is 4.52. The summed E-state index contributed by atoms with van der Waals surface area (Å²) in [6, 6.07) is 13.6. The fourth-order valence-electron chi connectivity index (χ4n) is 2.03. The summed E-state index contributed by atoms with van der Waals surface area (Å²) in [7, 11) is 0. The van der Waals surface area contributed by atoms with E-state index in [1.807, 2.05) is 37.3 Å². The Labute approximate surface area is 119 Å². The average molecular weight is 266 g/mol. The van der Waals surface area contributed by atoms with Gasteiger partial charge in [-0.25, -0.2) is 0 Å². The number of rotatable bonds is 4. The largest absolute Gasteiger partial charge is 0.487 e. The zero-order valence-corrected chi connectivity index (χ0v) is 11.8. The molecule has 0 spiro atoms. The van der Waals surface area contributed by atoms with Crippen molar-refractivity contribution in [3.05, 3.63) is 58.7 Å². The first-order chi connectivity index (χ1) is 9.63. The van der Waals surface area contributed by atoms with Crippen molar-refractivity contribution in [2.24, 2.45) is 0 Å². The topological polar surface area (TPSA) is 59.0 Å². The SMILES string of the molecule is CCc1ccc(OCc2ccc(C#N)cc2C)c(N)c1. The fraction of sp³-hybridized carbons (Fsp3) is 0.235. The summed E-state index contributed by atoms with van der Waals surface area (Å²) in [6.07, 6.45) is 0.958. The first-order valence-electron chi connectivity index (χ1n) is 6.65. The molecule has 0 aliphatic carbocycles. The lowest BCUT2D eigenvalue weighted by Crippen LogP contribution is -2.01. The lowest BCUT2D eigenvalue weighted by molar-refractivity contribution is 0.307. The van der Waals surface area contributed by atoms with Gasteiger partial charge in [-0.1, -0.05) is 19.1 Å². The molecule has 3 heteroatoms. The van der Waals surface area contributed by atoms with Crippen LogP contribution in [-0.4, -0.2) is 0 Å². The van der Waals surface area contributed by atoms with E-state index in [0.717, 1.165) is 17.5 Å². The second-order valence-corrected chi connectivity index (χ2v) is 4.77. The van der Waals surface area contributed by atoms with Crippen LogP contribution in [0.25, 0.3) is 0 Å². The van der Waals surface area contributed by atoms with Crippen molar-refractivity contribution in [2.75, 3.05) is 5.73 Å². The number of hydrogen-bond acceptors (Lipinski definition) is 3. The first-order valence-corrected chi connectivity index (χ1v) is 6.65. The lowest BCUT2D eigenvalue weighted by Gasteiger charge is -2.11. The number of benzene rings is 2. The molecule has 2 N–H and O–H groups in total. The van der Waals surface area contributed by atoms with Crippen LogP contribution >= 0.6 is 0 Å². The molecule has 0 aliphatic rings. The molecule has 20 heavy (non-hydrogen) atoms. The van der Waals surface area contributed by atoms with Gasteiger partial charge in [-0.3, -0.25) is 0 Å². The zero-order valence-electron chi connectivity index (χ0n) is 11.8. The van der Waals surface area contributed by atoms with Gasteiger partial charge in [-0.2, -0.15) is 5.26 Å². The van der Waals surface area contributed by atoms with Crippen molar-refractivity contribution in [1.82, 2.24) is 0 Å². The number of ether oxygens (including phenoxy) is 1. The second kappa shape index (κ2) is 6.12. The number of nitriles is 1. The average Bonchev–Trinajstić information content (AvgIpc) is 2.46. The van der Waals surface area contributed by atoms with Gasteiger partial charge in [0.15, 0.2) is 0 Å². The van der Waals surface area contributed by atoms with Gasteiger partial charge < -0.3 is 10.5 Å². The van der Waals surface area contributed by atoms with Gasteiger partial charge in [0.25, 0.3) is 0 Å². The number of anilines is 1. The Hall–Kier alpha value is -2.47. The number of aryl methyl sites for hydroxylation is 2. The third-order valence-electron chi connectivity index (χ3n) is 3.34. The Bertz CT molecular complexity index is 657. The molecule has 2 aromatic rings. The summed E-state index contributed by atoms with van der Waals surface area (Å²) in [5.74, 6) is 0.700.